The zero-order valence-electron chi connectivity index (χ0n) is 14.5. The first-order valence-electron chi connectivity index (χ1n) is 8.17. The Bertz CT molecular complexity index is 860. The summed E-state index contributed by atoms with van der Waals surface area (Å²) in [6.07, 6.45) is 0. The van der Waals surface area contributed by atoms with Crippen molar-refractivity contribution >= 4 is 29.1 Å². The quantitative estimate of drug-likeness (QED) is 0.724. The smallest absolute Gasteiger partial charge is 0.268 e. The fourth-order valence-corrected chi connectivity index (χ4v) is 3.63. The molecule has 0 atom stereocenters. The number of amides is 2. The summed E-state index contributed by atoms with van der Waals surface area (Å²) in [5, 5.41) is 0. The molecule has 3 rings (SSSR count). The van der Waals surface area contributed by atoms with Crippen molar-refractivity contribution in [2.45, 2.75) is 13.5 Å². The van der Waals surface area contributed by atoms with Crippen LogP contribution in [-0.4, -0.2) is 29.6 Å². The van der Waals surface area contributed by atoms with Crippen LogP contribution in [0.4, 0.5) is 4.39 Å². The highest BCUT2D eigenvalue weighted by molar-refractivity contribution is 8.04. The highest BCUT2D eigenvalue weighted by Gasteiger charge is 2.38. The minimum atomic E-state index is -0.383. The molecule has 0 radical (unpaired) electrons. The van der Waals surface area contributed by atoms with E-state index in [0.29, 0.717) is 27.5 Å². The van der Waals surface area contributed by atoms with E-state index in [1.54, 1.807) is 19.2 Å². The van der Waals surface area contributed by atoms with Gasteiger partial charge in [0.15, 0.2) is 0 Å². The largest absolute Gasteiger partial charge is 0.497 e. The van der Waals surface area contributed by atoms with Gasteiger partial charge in [0.25, 0.3) is 11.8 Å². The average Bonchev–Trinajstić information content (AvgIpc) is 2.88. The molecular formula is C20H18FNO3S. The molecule has 0 saturated heterocycles. The Morgan fingerprint density at radius 1 is 1.00 bits per heavy atom. The molecule has 2 aromatic carbocycles. The SMILES string of the molecule is CCSC1=C(c2ccc(F)cc2)C(=O)N(Cc2ccc(OC)cc2)C1=O. The van der Waals surface area contributed by atoms with Crippen molar-refractivity contribution in [3.8, 4) is 5.75 Å². The number of thioether (sulfide) groups is 1. The lowest BCUT2D eigenvalue weighted by Crippen LogP contribution is -2.30. The molecule has 1 heterocycles. The van der Waals surface area contributed by atoms with E-state index in [0.717, 1.165) is 5.56 Å². The number of nitrogens with zero attached hydrogens (tertiary/aromatic N) is 1. The average molecular weight is 371 g/mol. The van der Waals surface area contributed by atoms with Crippen LogP contribution in [0.15, 0.2) is 53.4 Å². The van der Waals surface area contributed by atoms with Crippen molar-refractivity contribution in [1.82, 2.24) is 4.90 Å². The predicted molar refractivity (Wildman–Crippen MR) is 100 cm³/mol. The third kappa shape index (κ3) is 3.51. The lowest BCUT2D eigenvalue weighted by Gasteiger charge is -2.15. The van der Waals surface area contributed by atoms with E-state index in [1.165, 1.54) is 40.9 Å². The molecule has 26 heavy (non-hydrogen) atoms. The summed E-state index contributed by atoms with van der Waals surface area (Å²) < 4.78 is 18.4. The molecule has 0 aromatic heterocycles. The number of benzene rings is 2. The van der Waals surface area contributed by atoms with Gasteiger partial charge in [0.2, 0.25) is 0 Å². The Morgan fingerprint density at radius 2 is 1.65 bits per heavy atom. The zero-order valence-corrected chi connectivity index (χ0v) is 15.3. The van der Waals surface area contributed by atoms with Gasteiger partial charge in [-0.1, -0.05) is 31.2 Å². The van der Waals surface area contributed by atoms with Crippen LogP contribution in [0.3, 0.4) is 0 Å². The minimum Gasteiger partial charge on any atom is -0.497 e. The second kappa shape index (κ2) is 7.74. The number of rotatable bonds is 6. The number of methoxy groups -OCH3 is 1. The molecule has 0 unspecified atom stereocenters. The van der Waals surface area contributed by atoms with Crippen LogP contribution in [0, 0.1) is 5.82 Å². The van der Waals surface area contributed by atoms with E-state index >= 15 is 0 Å². The van der Waals surface area contributed by atoms with Crippen LogP contribution >= 0.6 is 11.8 Å². The van der Waals surface area contributed by atoms with Crippen LogP contribution < -0.4 is 4.74 Å². The molecule has 0 bridgehead atoms. The monoisotopic (exact) mass is 371 g/mol. The normalized spacial score (nSPS) is 14.3. The highest BCUT2D eigenvalue weighted by atomic mass is 32.2. The van der Waals surface area contributed by atoms with Gasteiger partial charge in [-0.3, -0.25) is 14.5 Å². The first kappa shape index (κ1) is 18.2. The van der Waals surface area contributed by atoms with Crippen LogP contribution in [0.25, 0.3) is 5.57 Å². The van der Waals surface area contributed by atoms with Gasteiger partial charge < -0.3 is 4.74 Å². The van der Waals surface area contributed by atoms with Gasteiger partial charge in [-0.15, -0.1) is 11.8 Å². The predicted octanol–water partition coefficient (Wildman–Crippen LogP) is 3.87. The van der Waals surface area contributed by atoms with E-state index < -0.39 is 0 Å². The molecule has 0 N–H and O–H groups in total. The summed E-state index contributed by atoms with van der Waals surface area (Å²) in [5.41, 5.74) is 1.72. The third-order valence-corrected chi connectivity index (χ3v) is 5.00. The molecule has 1 aliphatic rings. The van der Waals surface area contributed by atoms with Crippen molar-refractivity contribution in [2.24, 2.45) is 0 Å². The Kier molecular flexibility index (Phi) is 5.42. The van der Waals surface area contributed by atoms with Gasteiger partial charge in [0, 0.05) is 0 Å². The molecule has 2 amide bonds. The van der Waals surface area contributed by atoms with E-state index in [4.69, 9.17) is 4.74 Å². The maximum Gasteiger partial charge on any atom is 0.268 e. The Morgan fingerprint density at radius 3 is 2.23 bits per heavy atom. The van der Waals surface area contributed by atoms with E-state index in [1.807, 2.05) is 19.1 Å². The summed E-state index contributed by atoms with van der Waals surface area (Å²) in [4.78, 5) is 27.4. The highest BCUT2D eigenvalue weighted by Crippen LogP contribution is 2.36. The Labute approximate surface area is 155 Å². The van der Waals surface area contributed by atoms with Crippen LogP contribution in [0.2, 0.25) is 0 Å². The molecule has 0 fully saturated rings. The van der Waals surface area contributed by atoms with Crippen LogP contribution in [0.1, 0.15) is 18.1 Å². The van der Waals surface area contributed by atoms with Gasteiger partial charge in [-0.2, -0.15) is 0 Å². The fraction of sp³-hybridized carbons (Fsp3) is 0.200. The van der Waals surface area contributed by atoms with Crippen LogP contribution in [0.5, 0.6) is 5.75 Å². The van der Waals surface area contributed by atoms with E-state index in [9.17, 15) is 14.0 Å². The van der Waals surface area contributed by atoms with Crippen LogP contribution in [-0.2, 0) is 16.1 Å². The summed E-state index contributed by atoms with van der Waals surface area (Å²) >= 11 is 1.33. The van der Waals surface area contributed by atoms with Crippen molar-refractivity contribution in [1.29, 1.82) is 0 Å². The lowest BCUT2D eigenvalue weighted by molar-refractivity contribution is -0.137. The van der Waals surface area contributed by atoms with E-state index in [2.05, 4.69) is 0 Å². The number of carbonyl (C=O) groups excluding carboxylic acids is 2. The van der Waals surface area contributed by atoms with Crippen molar-refractivity contribution in [2.75, 3.05) is 12.9 Å². The number of imide groups is 1. The maximum absolute atomic E-state index is 13.2. The van der Waals surface area contributed by atoms with E-state index in [-0.39, 0.29) is 24.2 Å². The molecular weight excluding hydrogens is 353 g/mol. The third-order valence-electron chi connectivity index (χ3n) is 4.05. The van der Waals surface area contributed by atoms with Gasteiger partial charge >= 0.3 is 0 Å². The maximum atomic E-state index is 13.2. The summed E-state index contributed by atoms with van der Waals surface area (Å²) in [6, 6.07) is 12.9. The molecule has 134 valence electrons. The van der Waals surface area contributed by atoms with Gasteiger partial charge in [-0.05, 0) is 41.1 Å². The number of halogens is 1. The molecule has 2 aromatic rings. The topological polar surface area (TPSA) is 46.6 Å². The van der Waals surface area contributed by atoms with Crippen molar-refractivity contribution in [3.63, 3.8) is 0 Å². The Balaban J connectivity index is 1.91. The molecule has 1 aliphatic heterocycles. The number of ether oxygens (including phenoxy) is 1. The Hall–Kier alpha value is -2.60. The zero-order chi connectivity index (χ0) is 18.7. The minimum absolute atomic E-state index is 0.181. The first-order valence-corrected chi connectivity index (χ1v) is 9.15. The number of hydrogen-bond acceptors (Lipinski definition) is 4. The summed E-state index contributed by atoms with van der Waals surface area (Å²) in [6.45, 7) is 2.10. The second-order valence-electron chi connectivity index (χ2n) is 5.69. The second-order valence-corrected chi connectivity index (χ2v) is 6.96. The molecule has 0 aliphatic carbocycles. The van der Waals surface area contributed by atoms with Crippen molar-refractivity contribution < 1.29 is 18.7 Å². The fourth-order valence-electron chi connectivity index (χ4n) is 2.76. The van der Waals surface area contributed by atoms with Crippen molar-refractivity contribution in [3.05, 3.63) is 70.4 Å². The van der Waals surface area contributed by atoms with Gasteiger partial charge in [0.1, 0.15) is 11.6 Å². The first-order chi connectivity index (χ1) is 12.5. The molecule has 0 spiro atoms. The molecule has 4 nitrogen and oxygen atoms in total. The number of hydrogen-bond donors (Lipinski definition) is 0. The molecule has 6 heteroatoms. The number of carbonyl (C=O) groups is 2. The van der Waals surface area contributed by atoms with Gasteiger partial charge in [-0.25, -0.2) is 4.39 Å². The summed E-state index contributed by atoms with van der Waals surface area (Å²) in [7, 11) is 1.58. The van der Waals surface area contributed by atoms with Gasteiger partial charge in [0.05, 0.1) is 24.1 Å². The summed E-state index contributed by atoms with van der Waals surface area (Å²) in [5.74, 6) is 0.326. The molecule has 0 saturated carbocycles. The lowest BCUT2D eigenvalue weighted by atomic mass is 10.1. The standard InChI is InChI=1S/C20H18FNO3S/c1-3-26-18-17(14-6-8-15(21)9-7-14)19(23)22(20(18)24)12-13-4-10-16(25-2)11-5-13/h4-11H,3,12H2,1-2H3.